The van der Waals surface area contributed by atoms with Crippen molar-refractivity contribution in [1.29, 1.82) is 0 Å². The first-order valence-electron chi connectivity index (χ1n) is 4.24. The molecule has 1 unspecified atom stereocenters. The van der Waals surface area contributed by atoms with Crippen molar-refractivity contribution in [1.82, 2.24) is 4.90 Å². The number of nitrogens with zero attached hydrogens (tertiary/aromatic N) is 1. The summed E-state index contributed by atoms with van der Waals surface area (Å²) < 4.78 is 24.0. The minimum absolute atomic E-state index is 0.0848. The third-order valence-corrected chi connectivity index (χ3v) is 2.26. The predicted octanol–water partition coefficient (Wildman–Crippen LogP) is 1.78. The van der Waals surface area contributed by atoms with E-state index in [0.29, 0.717) is 6.42 Å². The molecule has 1 nitrogen and oxygen atoms in total. The number of hydrogen-bond acceptors (Lipinski definition) is 1. The van der Waals surface area contributed by atoms with Crippen LogP contribution in [0.4, 0.5) is 8.78 Å². The second-order valence-electron chi connectivity index (χ2n) is 3.03. The Labute approximate surface area is 66.4 Å². The van der Waals surface area contributed by atoms with E-state index in [-0.39, 0.29) is 19.4 Å². The molecule has 0 aromatic carbocycles. The van der Waals surface area contributed by atoms with Gasteiger partial charge in [-0.3, -0.25) is 9.29 Å². The first-order chi connectivity index (χ1) is 5.38. The molecule has 0 aromatic heterocycles. The van der Waals surface area contributed by atoms with Gasteiger partial charge in [0, 0.05) is 12.6 Å². The van der Waals surface area contributed by atoms with E-state index in [1.165, 1.54) is 0 Å². The van der Waals surface area contributed by atoms with Gasteiger partial charge in [-0.15, -0.1) is 0 Å². The van der Waals surface area contributed by atoms with Gasteiger partial charge in [-0.05, 0) is 25.8 Å². The van der Waals surface area contributed by atoms with Gasteiger partial charge >= 0.3 is 0 Å². The summed E-state index contributed by atoms with van der Waals surface area (Å²) in [6, 6.07) is 0.0848. The van der Waals surface area contributed by atoms with E-state index in [0.717, 1.165) is 25.9 Å². The van der Waals surface area contributed by atoms with Gasteiger partial charge in [-0.2, -0.15) is 0 Å². The molecule has 1 heterocycles. The lowest BCUT2D eigenvalue weighted by Crippen LogP contribution is -2.32. The number of halogens is 2. The molecule has 0 spiro atoms. The van der Waals surface area contributed by atoms with Gasteiger partial charge in [0.15, 0.2) is 0 Å². The highest BCUT2D eigenvalue weighted by atomic mass is 19.1. The van der Waals surface area contributed by atoms with Crippen LogP contribution in [-0.4, -0.2) is 37.4 Å². The molecule has 11 heavy (non-hydrogen) atoms. The normalized spacial score (nSPS) is 26.2. The third-order valence-electron chi connectivity index (χ3n) is 2.26. The molecular weight excluding hydrogens is 148 g/mol. The Balaban J connectivity index is 2.20. The largest absolute Gasteiger partial charge is 0.298 e. The van der Waals surface area contributed by atoms with Crippen molar-refractivity contribution in [3.05, 3.63) is 0 Å². The number of rotatable bonds is 4. The second-order valence-corrected chi connectivity index (χ2v) is 3.03. The van der Waals surface area contributed by atoms with Gasteiger partial charge in [-0.1, -0.05) is 0 Å². The maximum atomic E-state index is 12.2. The van der Waals surface area contributed by atoms with E-state index in [1.807, 2.05) is 0 Å². The van der Waals surface area contributed by atoms with Crippen molar-refractivity contribution >= 4 is 0 Å². The number of likely N-dealkylation sites (tertiary alicyclic amines) is 1. The Morgan fingerprint density at radius 2 is 2.18 bits per heavy atom. The molecular formula is C8H15F2N. The van der Waals surface area contributed by atoms with Gasteiger partial charge in [0.2, 0.25) is 0 Å². The van der Waals surface area contributed by atoms with Crippen LogP contribution in [0.15, 0.2) is 0 Å². The highest BCUT2D eigenvalue weighted by Gasteiger charge is 2.23. The predicted molar refractivity (Wildman–Crippen MR) is 41.2 cm³/mol. The average molecular weight is 163 g/mol. The van der Waals surface area contributed by atoms with E-state index in [4.69, 9.17) is 0 Å². The molecule has 0 bridgehead atoms. The van der Waals surface area contributed by atoms with Crippen molar-refractivity contribution < 1.29 is 8.78 Å². The smallest absolute Gasteiger partial charge is 0.105 e. The van der Waals surface area contributed by atoms with Crippen LogP contribution in [0.3, 0.4) is 0 Å². The van der Waals surface area contributed by atoms with E-state index >= 15 is 0 Å². The monoisotopic (exact) mass is 163 g/mol. The van der Waals surface area contributed by atoms with Crippen molar-refractivity contribution in [3.63, 3.8) is 0 Å². The lowest BCUT2D eigenvalue weighted by atomic mass is 10.2. The topological polar surface area (TPSA) is 3.24 Å². The Hall–Kier alpha value is -0.180. The highest BCUT2D eigenvalue weighted by Crippen LogP contribution is 2.17. The Bertz CT molecular complexity index is 108. The zero-order chi connectivity index (χ0) is 8.10. The first kappa shape index (κ1) is 8.91. The lowest BCUT2D eigenvalue weighted by molar-refractivity contribution is 0.206. The van der Waals surface area contributed by atoms with Crippen LogP contribution in [-0.2, 0) is 0 Å². The molecule has 0 aromatic rings. The van der Waals surface area contributed by atoms with Crippen LogP contribution in [0, 0.1) is 0 Å². The van der Waals surface area contributed by atoms with Crippen LogP contribution in [0.25, 0.3) is 0 Å². The third kappa shape index (κ3) is 2.40. The summed E-state index contributed by atoms with van der Waals surface area (Å²) >= 11 is 0. The van der Waals surface area contributed by atoms with Crippen LogP contribution >= 0.6 is 0 Å². The quantitative estimate of drug-likeness (QED) is 0.610. The Kier molecular flexibility index (Phi) is 3.77. The summed E-state index contributed by atoms with van der Waals surface area (Å²) in [6.45, 7) is 1.13. The average Bonchev–Trinajstić information content (AvgIpc) is 2.47. The maximum Gasteiger partial charge on any atom is 0.105 e. The minimum Gasteiger partial charge on any atom is -0.298 e. The van der Waals surface area contributed by atoms with Crippen LogP contribution in [0.5, 0.6) is 0 Å². The minimum atomic E-state index is -0.282. The zero-order valence-corrected chi connectivity index (χ0v) is 6.73. The Morgan fingerprint density at radius 1 is 1.36 bits per heavy atom. The molecule has 1 aliphatic heterocycles. The fraction of sp³-hybridized carbons (Fsp3) is 1.00. The van der Waals surface area contributed by atoms with E-state index in [2.05, 4.69) is 4.90 Å². The molecule has 0 aliphatic carbocycles. The molecule has 0 radical (unpaired) electrons. The summed E-state index contributed by atoms with van der Waals surface area (Å²) in [5, 5.41) is 0. The van der Waals surface area contributed by atoms with Crippen LogP contribution in [0.2, 0.25) is 0 Å². The zero-order valence-electron chi connectivity index (χ0n) is 6.73. The van der Waals surface area contributed by atoms with Crippen LogP contribution < -0.4 is 0 Å². The standard InChI is InChI=1S/C8H15F2N/c9-4-2-6-11-5-1-3-8(11)7-10/h8H,1-7H2. The lowest BCUT2D eigenvalue weighted by Gasteiger charge is -2.20. The summed E-state index contributed by atoms with van der Waals surface area (Å²) in [5.41, 5.74) is 0. The van der Waals surface area contributed by atoms with Gasteiger partial charge in [-0.25, -0.2) is 4.39 Å². The highest BCUT2D eigenvalue weighted by molar-refractivity contribution is 4.77. The van der Waals surface area contributed by atoms with E-state index in [1.54, 1.807) is 0 Å². The van der Waals surface area contributed by atoms with E-state index in [9.17, 15) is 8.78 Å². The van der Waals surface area contributed by atoms with Crippen molar-refractivity contribution in [2.75, 3.05) is 26.4 Å². The fourth-order valence-electron chi connectivity index (χ4n) is 1.63. The Morgan fingerprint density at radius 3 is 2.82 bits per heavy atom. The summed E-state index contributed by atoms with van der Waals surface area (Å²) in [6.07, 6.45) is 2.57. The molecule has 1 fully saturated rings. The van der Waals surface area contributed by atoms with Gasteiger partial charge in [0.05, 0.1) is 6.67 Å². The van der Waals surface area contributed by atoms with Gasteiger partial charge < -0.3 is 0 Å². The number of alkyl halides is 2. The molecule has 3 heteroatoms. The van der Waals surface area contributed by atoms with Crippen LogP contribution in [0.1, 0.15) is 19.3 Å². The summed E-state index contributed by atoms with van der Waals surface area (Å²) in [5.74, 6) is 0. The van der Waals surface area contributed by atoms with Gasteiger partial charge in [0.1, 0.15) is 6.67 Å². The molecule has 1 rings (SSSR count). The molecule has 0 amide bonds. The maximum absolute atomic E-state index is 12.2. The van der Waals surface area contributed by atoms with E-state index < -0.39 is 0 Å². The van der Waals surface area contributed by atoms with Gasteiger partial charge in [0.25, 0.3) is 0 Å². The molecule has 1 atom stereocenters. The first-order valence-corrected chi connectivity index (χ1v) is 4.24. The summed E-state index contributed by atoms with van der Waals surface area (Å²) in [7, 11) is 0. The molecule has 0 N–H and O–H groups in total. The number of hydrogen-bond donors (Lipinski definition) is 0. The second kappa shape index (κ2) is 4.65. The molecule has 1 saturated heterocycles. The van der Waals surface area contributed by atoms with Crippen molar-refractivity contribution in [2.24, 2.45) is 0 Å². The fourth-order valence-corrected chi connectivity index (χ4v) is 1.63. The molecule has 1 aliphatic rings. The van der Waals surface area contributed by atoms with Crippen molar-refractivity contribution in [2.45, 2.75) is 25.3 Å². The molecule has 0 saturated carbocycles. The van der Waals surface area contributed by atoms with Crippen molar-refractivity contribution in [3.8, 4) is 0 Å². The SMILES string of the molecule is FCCCN1CCCC1CF. The summed E-state index contributed by atoms with van der Waals surface area (Å²) in [4.78, 5) is 2.06. The molecule has 66 valence electrons.